The van der Waals surface area contributed by atoms with Crippen molar-refractivity contribution in [1.82, 2.24) is 0 Å². The van der Waals surface area contributed by atoms with Crippen molar-refractivity contribution in [3.63, 3.8) is 0 Å². The van der Waals surface area contributed by atoms with Gasteiger partial charge in [0.2, 0.25) is 0 Å². The van der Waals surface area contributed by atoms with Crippen LogP contribution >= 0.6 is 0 Å². The van der Waals surface area contributed by atoms with Gasteiger partial charge in [-0.2, -0.15) is 0 Å². The minimum atomic E-state index is -1.43. The van der Waals surface area contributed by atoms with E-state index in [-0.39, 0.29) is 0 Å². The minimum Gasteiger partial charge on any atom is -0.0680 e. The largest absolute Gasteiger partial charge is 0.121 e. The van der Waals surface area contributed by atoms with Crippen LogP contribution in [0.3, 0.4) is 0 Å². The molecule has 0 N–H and O–H groups in total. The molecule has 0 fully saturated rings. The monoisotopic (exact) mass is 301 g/mol. The fraction of sp³-hybridized carbons (Fsp3) is 0.684. The average molecular weight is 301 g/mol. The van der Waals surface area contributed by atoms with Gasteiger partial charge in [0.1, 0.15) is 7.28 Å². The molecule has 0 saturated carbocycles. The molecule has 1 aromatic carbocycles. The highest BCUT2D eigenvalue weighted by atomic mass is 28.3. The third-order valence-corrected chi connectivity index (χ3v) is 10.4. The van der Waals surface area contributed by atoms with Gasteiger partial charge in [-0.15, -0.1) is 0 Å². The second-order valence-corrected chi connectivity index (χ2v) is 13.0. The fourth-order valence-corrected chi connectivity index (χ4v) is 6.01. The van der Waals surface area contributed by atoms with Crippen molar-refractivity contribution in [2.45, 2.75) is 77.7 Å². The summed E-state index contributed by atoms with van der Waals surface area (Å²) in [7, 11) is 1.22. The predicted octanol–water partition coefficient (Wildman–Crippen LogP) is 5.75. The normalized spacial score (nSPS) is 15.9. The van der Waals surface area contributed by atoms with E-state index in [1.165, 1.54) is 6.42 Å². The summed E-state index contributed by atoms with van der Waals surface area (Å²) in [6.07, 6.45) is 1.25. The van der Waals surface area contributed by atoms with E-state index in [4.69, 9.17) is 0 Å². The van der Waals surface area contributed by atoms with Crippen molar-refractivity contribution in [3.8, 4) is 0 Å². The third kappa shape index (κ3) is 4.48. The van der Waals surface area contributed by atoms with Crippen molar-refractivity contribution in [2.75, 3.05) is 0 Å². The molecule has 1 rings (SSSR count). The summed E-state index contributed by atoms with van der Waals surface area (Å²) in [5.41, 5.74) is 0.767. The number of rotatable bonds is 7. The molecule has 1 radical (unpaired) electrons. The van der Waals surface area contributed by atoms with Gasteiger partial charge in [-0.05, 0) is 11.5 Å². The van der Waals surface area contributed by atoms with E-state index in [1.54, 1.807) is 5.19 Å². The third-order valence-electron chi connectivity index (χ3n) is 5.90. The van der Waals surface area contributed by atoms with Gasteiger partial charge in [0.05, 0.1) is 8.07 Å². The summed E-state index contributed by atoms with van der Waals surface area (Å²) in [5.74, 6) is 1.41. The molecule has 21 heavy (non-hydrogen) atoms. The van der Waals surface area contributed by atoms with Gasteiger partial charge in [-0.1, -0.05) is 108 Å². The first-order valence-corrected chi connectivity index (χ1v) is 11.6. The number of hydrogen-bond acceptors (Lipinski definition) is 0. The Hall–Kier alpha value is -0.498. The van der Waals surface area contributed by atoms with Gasteiger partial charge in [0, 0.05) is 0 Å². The van der Waals surface area contributed by atoms with Crippen LogP contribution in [0.1, 0.15) is 48.0 Å². The van der Waals surface area contributed by atoms with Crippen molar-refractivity contribution in [1.29, 1.82) is 0 Å². The van der Waals surface area contributed by atoms with Gasteiger partial charge in [-0.3, -0.25) is 0 Å². The molecule has 0 bridgehead atoms. The van der Waals surface area contributed by atoms with Gasteiger partial charge < -0.3 is 0 Å². The van der Waals surface area contributed by atoms with E-state index in [2.05, 4.69) is 92.2 Å². The minimum absolute atomic E-state index is 0.316. The second kappa shape index (κ2) is 7.18. The first-order valence-electron chi connectivity index (χ1n) is 8.54. The van der Waals surface area contributed by atoms with Crippen LogP contribution in [0.15, 0.2) is 30.3 Å². The molecular weight excluding hydrogens is 267 g/mol. The zero-order valence-corrected chi connectivity index (χ0v) is 16.4. The first-order chi connectivity index (χ1) is 9.63. The highest BCUT2D eigenvalue weighted by Crippen LogP contribution is 2.43. The Morgan fingerprint density at radius 3 is 2.00 bits per heavy atom. The summed E-state index contributed by atoms with van der Waals surface area (Å²) in [6, 6.07) is 11.2. The highest BCUT2D eigenvalue weighted by molar-refractivity contribution is 6.91. The van der Waals surface area contributed by atoms with Gasteiger partial charge >= 0.3 is 0 Å². The molecule has 0 heterocycles. The number of benzene rings is 1. The molecule has 0 spiro atoms. The second-order valence-electron chi connectivity index (χ2n) is 8.09. The molecule has 0 nitrogen and oxygen atoms in total. The Morgan fingerprint density at radius 2 is 1.57 bits per heavy atom. The Morgan fingerprint density at radius 1 is 1.05 bits per heavy atom. The van der Waals surface area contributed by atoms with Crippen LogP contribution in [0.4, 0.5) is 0 Å². The summed E-state index contributed by atoms with van der Waals surface area (Å²) in [4.78, 5) is 0. The topological polar surface area (TPSA) is 0 Å². The molecule has 2 heteroatoms. The zero-order valence-electron chi connectivity index (χ0n) is 15.4. The van der Waals surface area contributed by atoms with Crippen LogP contribution in [-0.4, -0.2) is 15.4 Å². The fourth-order valence-electron chi connectivity index (χ4n) is 3.03. The zero-order chi connectivity index (χ0) is 16.3. The predicted molar refractivity (Wildman–Crippen MR) is 102 cm³/mol. The summed E-state index contributed by atoms with van der Waals surface area (Å²) in [5, 5.41) is 1.91. The van der Waals surface area contributed by atoms with E-state index >= 15 is 0 Å². The lowest BCUT2D eigenvalue weighted by Crippen LogP contribution is -2.47. The molecular formula is C19H34BSi. The average Bonchev–Trinajstić information content (AvgIpc) is 2.44. The van der Waals surface area contributed by atoms with Crippen LogP contribution < -0.4 is 5.19 Å². The van der Waals surface area contributed by atoms with Gasteiger partial charge in [0.25, 0.3) is 0 Å². The van der Waals surface area contributed by atoms with Crippen LogP contribution in [0.5, 0.6) is 0 Å². The van der Waals surface area contributed by atoms with Crippen LogP contribution in [0, 0.1) is 5.92 Å². The maximum absolute atomic E-state index is 2.65. The molecule has 117 valence electrons. The lowest BCUT2D eigenvalue weighted by molar-refractivity contribution is 0.464. The molecule has 0 amide bonds. The molecule has 0 aliphatic heterocycles. The molecule has 0 saturated heterocycles. The first kappa shape index (κ1) is 18.6. The number of hydrogen-bond donors (Lipinski definition) is 0. The van der Waals surface area contributed by atoms with Gasteiger partial charge in [0.15, 0.2) is 0 Å². The van der Waals surface area contributed by atoms with E-state index < -0.39 is 8.07 Å². The van der Waals surface area contributed by atoms with E-state index in [0.29, 0.717) is 17.0 Å². The smallest absolute Gasteiger partial charge is 0.0680 e. The maximum Gasteiger partial charge on any atom is 0.121 e. The molecule has 2 atom stereocenters. The quantitative estimate of drug-likeness (QED) is 0.563. The standard InChI is InChI=1S/C19H34BSi/c1-9-18(20-19(5,6)15(2)3)16(4)21(7,8)17-13-11-10-12-14-17/h10-16,18H,9H2,1-8H3/t16-,18-/m0/s1. The van der Waals surface area contributed by atoms with Gasteiger partial charge in [-0.25, -0.2) is 0 Å². The Labute approximate surface area is 135 Å². The molecule has 0 aromatic heterocycles. The van der Waals surface area contributed by atoms with E-state index in [9.17, 15) is 0 Å². The van der Waals surface area contributed by atoms with E-state index in [1.807, 2.05) is 0 Å². The van der Waals surface area contributed by atoms with E-state index in [0.717, 1.165) is 5.54 Å². The molecule has 0 unspecified atom stereocenters. The molecule has 0 aliphatic carbocycles. The SMILES string of the molecule is CC[C@H]([B]C(C)(C)C(C)C)[C@H](C)[Si](C)(C)c1ccccc1. The maximum atomic E-state index is 2.65. The summed E-state index contributed by atoms with van der Waals surface area (Å²) < 4.78 is 0. The van der Waals surface area contributed by atoms with Crippen molar-refractivity contribution < 1.29 is 0 Å². The summed E-state index contributed by atoms with van der Waals surface area (Å²) >= 11 is 0. The van der Waals surface area contributed by atoms with Crippen LogP contribution in [0.2, 0.25) is 29.8 Å². The Bertz CT molecular complexity index is 422. The van der Waals surface area contributed by atoms with Crippen LogP contribution in [0.25, 0.3) is 0 Å². The Kier molecular flexibility index (Phi) is 6.34. The highest BCUT2D eigenvalue weighted by Gasteiger charge is 2.38. The summed E-state index contributed by atoms with van der Waals surface area (Å²) in [6.45, 7) is 19.4. The Balaban J connectivity index is 2.95. The van der Waals surface area contributed by atoms with Crippen molar-refractivity contribution in [2.24, 2.45) is 5.92 Å². The van der Waals surface area contributed by atoms with Crippen molar-refractivity contribution in [3.05, 3.63) is 30.3 Å². The lowest BCUT2D eigenvalue weighted by Gasteiger charge is -2.40. The lowest BCUT2D eigenvalue weighted by atomic mass is 9.42. The molecule has 0 aliphatic rings. The van der Waals surface area contributed by atoms with Crippen LogP contribution in [-0.2, 0) is 0 Å². The van der Waals surface area contributed by atoms with Crippen molar-refractivity contribution >= 4 is 20.5 Å². The molecule has 1 aromatic rings.